The van der Waals surface area contributed by atoms with Crippen LogP contribution in [-0.2, 0) is 10.2 Å². The molecule has 3 rings (SSSR count). The van der Waals surface area contributed by atoms with Crippen LogP contribution in [0.3, 0.4) is 0 Å². The number of nitrogens with one attached hydrogen (secondary N) is 2. The molecule has 0 spiro atoms. The molecule has 1 heterocycles. The van der Waals surface area contributed by atoms with Gasteiger partial charge in [-0.3, -0.25) is 4.79 Å². The highest BCUT2D eigenvalue weighted by Crippen LogP contribution is 2.49. The first-order chi connectivity index (χ1) is 11.6. The summed E-state index contributed by atoms with van der Waals surface area (Å²) < 4.78 is 15.7. The van der Waals surface area contributed by atoms with E-state index in [1.807, 2.05) is 70.2 Å². The topological polar surface area (TPSA) is 41.1 Å². The van der Waals surface area contributed by atoms with Gasteiger partial charge in [0.15, 0.2) is 0 Å². The highest BCUT2D eigenvalue weighted by molar-refractivity contribution is 5.89. The van der Waals surface area contributed by atoms with E-state index < -0.39 is 17.1 Å². The van der Waals surface area contributed by atoms with E-state index in [4.69, 9.17) is 0 Å². The van der Waals surface area contributed by atoms with Crippen LogP contribution in [0.4, 0.5) is 15.8 Å². The molecule has 4 heteroatoms. The van der Waals surface area contributed by atoms with Crippen molar-refractivity contribution in [2.45, 2.75) is 51.7 Å². The third-order valence-corrected chi connectivity index (χ3v) is 5.15. The minimum absolute atomic E-state index is 0.141. The zero-order chi connectivity index (χ0) is 18.4. The Hall–Kier alpha value is -2.36. The lowest BCUT2D eigenvalue weighted by atomic mass is 9.64. The van der Waals surface area contributed by atoms with Crippen molar-refractivity contribution >= 4 is 17.3 Å². The SMILES string of the molecule is CC(=O)Nc1ccc2c(c1)C(C)(c1ccc(C)cc1)C(F)C(C)(C)N2. The number of benzene rings is 2. The molecule has 2 aromatic rings. The maximum atomic E-state index is 15.7. The number of aryl methyl sites for hydroxylation is 1. The summed E-state index contributed by atoms with van der Waals surface area (Å²) in [5, 5.41) is 6.11. The number of carbonyl (C=O) groups is 1. The van der Waals surface area contributed by atoms with Gasteiger partial charge in [0.25, 0.3) is 0 Å². The monoisotopic (exact) mass is 340 g/mol. The first-order valence-corrected chi connectivity index (χ1v) is 8.56. The highest BCUT2D eigenvalue weighted by atomic mass is 19.1. The normalized spacial score (nSPS) is 24.2. The fourth-order valence-electron chi connectivity index (χ4n) is 3.83. The van der Waals surface area contributed by atoms with Gasteiger partial charge in [0, 0.05) is 18.3 Å². The van der Waals surface area contributed by atoms with E-state index in [9.17, 15) is 4.79 Å². The molecule has 1 aliphatic heterocycles. The number of hydrogen-bond acceptors (Lipinski definition) is 2. The van der Waals surface area contributed by atoms with Crippen LogP contribution in [-0.4, -0.2) is 17.6 Å². The van der Waals surface area contributed by atoms with Gasteiger partial charge in [-0.25, -0.2) is 4.39 Å². The second-order valence-electron chi connectivity index (χ2n) is 7.72. The van der Waals surface area contributed by atoms with Gasteiger partial charge in [-0.05, 0) is 57.0 Å². The first kappa shape index (κ1) is 17.5. The van der Waals surface area contributed by atoms with Gasteiger partial charge < -0.3 is 10.6 Å². The molecule has 2 unspecified atom stereocenters. The summed E-state index contributed by atoms with van der Waals surface area (Å²) >= 11 is 0. The molecule has 2 aromatic carbocycles. The van der Waals surface area contributed by atoms with Gasteiger partial charge in [0.1, 0.15) is 6.17 Å². The van der Waals surface area contributed by atoms with Crippen molar-refractivity contribution in [1.82, 2.24) is 0 Å². The Morgan fingerprint density at radius 1 is 1.12 bits per heavy atom. The summed E-state index contributed by atoms with van der Waals surface area (Å²) in [7, 11) is 0. The van der Waals surface area contributed by atoms with Crippen LogP contribution in [0.15, 0.2) is 42.5 Å². The van der Waals surface area contributed by atoms with E-state index in [2.05, 4.69) is 10.6 Å². The molecule has 0 aromatic heterocycles. The van der Waals surface area contributed by atoms with Crippen molar-refractivity contribution < 1.29 is 9.18 Å². The van der Waals surface area contributed by atoms with Crippen LogP contribution >= 0.6 is 0 Å². The molecule has 0 aliphatic carbocycles. The molecular weight excluding hydrogens is 315 g/mol. The summed E-state index contributed by atoms with van der Waals surface area (Å²) in [6.07, 6.45) is -1.14. The van der Waals surface area contributed by atoms with Crippen molar-refractivity contribution in [3.63, 3.8) is 0 Å². The number of alkyl halides is 1. The molecule has 0 saturated heterocycles. The fourth-order valence-corrected chi connectivity index (χ4v) is 3.83. The molecule has 0 radical (unpaired) electrons. The Balaban J connectivity index is 2.22. The number of carbonyl (C=O) groups excluding carboxylic acids is 1. The van der Waals surface area contributed by atoms with Crippen molar-refractivity contribution in [2.24, 2.45) is 0 Å². The lowest BCUT2D eigenvalue weighted by Gasteiger charge is -2.48. The molecule has 2 N–H and O–H groups in total. The minimum atomic E-state index is -1.14. The number of hydrogen-bond donors (Lipinski definition) is 2. The van der Waals surface area contributed by atoms with Crippen molar-refractivity contribution in [1.29, 1.82) is 0 Å². The molecular formula is C21H25FN2O. The molecule has 1 aliphatic rings. The average Bonchev–Trinajstić information content (AvgIpc) is 2.53. The Bertz CT molecular complexity index is 813. The van der Waals surface area contributed by atoms with Gasteiger partial charge in [-0.1, -0.05) is 29.8 Å². The van der Waals surface area contributed by atoms with Crippen LogP contribution in [0.1, 0.15) is 44.4 Å². The lowest BCUT2D eigenvalue weighted by Crippen LogP contribution is -2.56. The number of anilines is 2. The summed E-state index contributed by atoms with van der Waals surface area (Å²) in [4.78, 5) is 11.4. The molecule has 0 saturated carbocycles. The Morgan fingerprint density at radius 2 is 1.76 bits per heavy atom. The van der Waals surface area contributed by atoms with E-state index in [-0.39, 0.29) is 5.91 Å². The number of rotatable bonds is 2. The molecule has 132 valence electrons. The van der Waals surface area contributed by atoms with Gasteiger partial charge in [0.2, 0.25) is 5.91 Å². The molecule has 0 bridgehead atoms. The predicted molar refractivity (Wildman–Crippen MR) is 101 cm³/mol. The largest absolute Gasteiger partial charge is 0.377 e. The smallest absolute Gasteiger partial charge is 0.221 e. The molecule has 2 atom stereocenters. The van der Waals surface area contributed by atoms with Crippen molar-refractivity contribution in [3.05, 3.63) is 59.2 Å². The zero-order valence-corrected chi connectivity index (χ0v) is 15.4. The Labute approximate surface area is 148 Å². The van der Waals surface area contributed by atoms with E-state index in [0.717, 1.165) is 22.4 Å². The third kappa shape index (κ3) is 2.90. The maximum Gasteiger partial charge on any atom is 0.221 e. The quantitative estimate of drug-likeness (QED) is 0.824. The van der Waals surface area contributed by atoms with Gasteiger partial charge >= 0.3 is 0 Å². The van der Waals surface area contributed by atoms with E-state index >= 15 is 4.39 Å². The highest BCUT2D eigenvalue weighted by Gasteiger charge is 2.51. The van der Waals surface area contributed by atoms with Gasteiger partial charge in [-0.2, -0.15) is 0 Å². The second kappa shape index (κ2) is 5.87. The van der Waals surface area contributed by atoms with Crippen molar-refractivity contribution in [2.75, 3.05) is 10.6 Å². The zero-order valence-electron chi connectivity index (χ0n) is 15.4. The fraction of sp³-hybridized carbons (Fsp3) is 0.381. The van der Waals surface area contributed by atoms with E-state index in [1.165, 1.54) is 6.92 Å². The lowest BCUT2D eigenvalue weighted by molar-refractivity contribution is -0.114. The molecule has 0 fully saturated rings. The number of fused-ring (bicyclic) bond motifs is 1. The van der Waals surface area contributed by atoms with Crippen molar-refractivity contribution in [3.8, 4) is 0 Å². The molecule has 25 heavy (non-hydrogen) atoms. The molecule has 1 amide bonds. The van der Waals surface area contributed by atoms with Crippen LogP contribution in [0.2, 0.25) is 0 Å². The van der Waals surface area contributed by atoms with Gasteiger partial charge in [0.05, 0.1) is 11.0 Å². The van der Waals surface area contributed by atoms with Crippen LogP contribution < -0.4 is 10.6 Å². The van der Waals surface area contributed by atoms with Crippen LogP contribution in [0.5, 0.6) is 0 Å². The second-order valence-corrected chi connectivity index (χ2v) is 7.72. The van der Waals surface area contributed by atoms with Crippen LogP contribution in [0.25, 0.3) is 0 Å². The van der Waals surface area contributed by atoms with E-state index in [1.54, 1.807) is 0 Å². The first-order valence-electron chi connectivity index (χ1n) is 8.56. The summed E-state index contributed by atoms with van der Waals surface area (Å²) in [5.41, 5.74) is 2.99. The average molecular weight is 340 g/mol. The third-order valence-electron chi connectivity index (χ3n) is 5.15. The summed E-state index contributed by atoms with van der Waals surface area (Å²) in [5.74, 6) is -0.141. The molecule has 3 nitrogen and oxygen atoms in total. The Kier molecular flexibility index (Phi) is 4.10. The number of halogens is 1. The predicted octanol–water partition coefficient (Wildman–Crippen LogP) is 4.80. The minimum Gasteiger partial charge on any atom is -0.377 e. The summed E-state index contributed by atoms with van der Waals surface area (Å²) in [6.45, 7) is 9.21. The standard InChI is InChI=1S/C21H25FN2O/c1-13-6-8-15(9-7-13)21(5)17-12-16(23-14(2)25)10-11-18(17)24-20(3,4)19(21)22/h6-12,19,24H,1-5H3,(H,23,25). The summed E-state index contributed by atoms with van der Waals surface area (Å²) in [6, 6.07) is 13.7. The van der Waals surface area contributed by atoms with E-state index in [0.29, 0.717) is 5.69 Å². The van der Waals surface area contributed by atoms with Crippen LogP contribution in [0, 0.1) is 6.92 Å². The maximum absolute atomic E-state index is 15.7. The number of amides is 1. The Morgan fingerprint density at radius 3 is 2.36 bits per heavy atom. The van der Waals surface area contributed by atoms with Gasteiger partial charge in [-0.15, -0.1) is 0 Å².